The van der Waals surface area contributed by atoms with Gasteiger partial charge in [-0.1, -0.05) is 36.4 Å². The van der Waals surface area contributed by atoms with Gasteiger partial charge in [-0.3, -0.25) is 0 Å². The lowest BCUT2D eigenvalue weighted by Crippen LogP contribution is -1.85. The van der Waals surface area contributed by atoms with Crippen molar-refractivity contribution in [1.29, 1.82) is 0 Å². The summed E-state index contributed by atoms with van der Waals surface area (Å²) in [4.78, 5) is 0. The number of nitrogens with two attached hydrogens (primary N) is 1. The van der Waals surface area contributed by atoms with Gasteiger partial charge in [0, 0.05) is 0 Å². The van der Waals surface area contributed by atoms with Gasteiger partial charge in [0.05, 0.1) is 0 Å². The van der Waals surface area contributed by atoms with E-state index in [1.54, 1.807) is 0 Å². The number of benzene rings is 2. The molecule has 4 heteroatoms. The molecule has 0 saturated carbocycles. The standard InChI is InChI=1S/C12H12.H3NO2S/c1-9-7-8-11-5-3-4-6-12(11)10(9)2;1-4(2)3/h3-8H,1-2H3;4H,(H2,1,2,3). The molecule has 0 heterocycles. The zero-order chi connectivity index (χ0) is 12.1. The minimum Gasteiger partial charge on any atom is -0.231 e. The summed E-state index contributed by atoms with van der Waals surface area (Å²) >= 11 is 0. The van der Waals surface area contributed by atoms with Crippen LogP contribution in [0.1, 0.15) is 11.1 Å². The molecule has 2 aromatic carbocycles. The largest absolute Gasteiger partial charge is 0.231 e. The van der Waals surface area contributed by atoms with Gasteiger partial charge >= 0.3 is 0 Å². The molecule has 0 saturated heterocycles. The fourth-order valence-corrected chi connectivity index (χ4v) is 1.54. The van der Waals surface area contributed by atoms with Gasteiger partial charge in [0.2, 0.25) is 0 Å². The van der Waals surface area contributed by atoms with E-state index >= 15 is 0 Å². The lowest BCUT2D eigenvalue weighted by atomic mass is 10.0. The first-order chi connectivity index (χ1) is 7.52. The highest BCUT2D eigenvalue weighted by Crippen LogP contribution is 2.20. The van der Waals surface area contributed by atoms with Gasteiger partial charge in [-0.2, -0.15) is 0 Å². The Labute approximate surface area is 97.0 Å². The number of hydrogen-bond donors (Lipinski definition) is 2. The molecular weight excluding hydrogens is 222 g/mol. The first kappa shape index (κ1) is 12.7. The molecule has 0 aliphatic heterocycles. The van der Waals surface area contributed by atoms with Gasteiger partial charge < -0.3 is 0 Å². The average molecular weight is 237 g/mol. The van der Waals surface area contributed by atoms with Crippen molar-refractivity contribution >= 4 is 21.7 Å². The molecule has 0 bridgehead atoms. The first-order valence-corrected chi connectivity index (χ1v) is 6.11. The highest BCUT2D eigenvalue weighted by Gasteiger charge is 1.97. The topological polar surface area (TPSA) is 60.2 Å². The highest BCUT2D eigenvalue weighted by molar-refractivity contribution is 7.69. The van der Waals surface area contributed by atoms with Crippen LogP contribution in [0.3, 0.4) is 0 Å². The van der Waals surface area contributed by atoms with Gasteiger partial charge in [-0.15, -0.1) is 0 Å². The summed E-state index contributed by atoms with van der Waals surface area (Å²) in [5.41, 5.74) is 2.77. The third-order valence-corrected chi connectivity index (χ3v) is 2.47. The Bertz CT molecular complexity index is 554. The van der Waals surface area contributed by atoms with Crippen LogP contribution in [0.5, 0.6) is 0 Å². The van der Waals surface area contributed by atoms with E-state index in [-0.39, 0.29) is 0 Å². The van der Waals surface area contributed by atoms with Crippen molar-refractivity contribution in [3.8, 4) is 0 Å². The molecule has 0 amide bonds. The molecule has 0 atom stereocenters. The van der Waals surface area contributed by atoms with Gasteiger partial charge in [0.25, 0.3) is 0 Å². The summed E-state index contributed by atoms with van der Waals surface area (Å²) in [5, 5.41) is 6.77. The van der Waals surface area contributed by atoms with Crippen LogP contribution < -0.4 is 5.14 Å². The second-order valence-corrected chi connectivity index (χ2v) is 4.08. The fraction of sp³-hybridized carbons (Fsp3) is 0.167. The molecule has 0 aliphatic rings. The van der Waals surface area contributed by atoms with E-state index in [0.29, 0.717) is 0 Å². The van der Waals surface area contributed by atoms with Crippen LogP contribution in [0, 0.1) is 13.8 Å². The maximum Gasteiger partial charge on any atom is 0.198 e. The molecule has 86 valence electrons. The number of aryl methyl sites for hydroxylation is 2. The summed E-state index contributed by atoms with van der Waals surface area (Å²) in [6, 6.07) is 12.9. The lowest BCUT2D eigenvalue weighted by molar-refractivity contribution is 0.616. The van der Waals surface area contributed by atoms with Crippen molar-refractivity contribution in [3.63, 3.8) is 0 Å². The van der Waals surface area contributed by atoms with Crippen molar-refractivity contribution in [2.45, 2.75) is 13.8 Å². The van der Waals surface area contributed by atoms with Crippen molar-refractivity contribution < 1.29 is 8.42 Å². The van der Waals surface area contributed by atoms with E-state index in [1.807, 2.05) is 0 Å². The van der Waals surface area contributed by atoms with Crippen molar-refractivity contribution in [2.24, 2.45) is 5.14 Å². The summed E-state index contributed by atoms with van der Waals surface area (Å²) in [6.45, 7) is 4.33. The van der Waals surface area contributed by atoms with E-state index in [0.717, 1.165) is 0 Å². The normalized spacial score (nSPS) is 10.0. The van der Waals surface area contributed by atoms with Crippen molar-refractivity contribution in [3.05, 3.63) is 47.5 Å². The monoisotopic (exact) mass is 237 g/mol. The zero-order valence-corrected chi connectivity index (χ0v) is 10.2. The second-order valence-electron chi connectivity index (χ2n) is 3.51. The van der Waals surface area contributed by atoms with Gasteiger partial charge in [0.15, 0.2) is 10.9 Å². The van der Waals surface area contributed by atoms with Gasteiger partial charge in [0.1, 0.15) is 0 Å². The van der Waals surface area contributed by atoms with Crippen LogP contribution in [0.2, 0.25) is 0 Å². The molecular formula is C12H15NO2S. The van der Waals surface area contributed by atoms with Crippen molar-refractivity contribution in [1.82, 2.24) is 0 Å². The van der Waals surface area contributed by atoms with E-state index in [4.69, 9.17) is 8.42 Å². The summed E-state index contributed by atoms with van der Waals surface area (Å²) in [7, 11) is -2.62. The molecule has 0 fully saturated rings. The molecule has 0 aliphatic carbocycles. The highest BCUT2D eigenvalue weighted by atomic mass is 32.2. The fourth-order valence-electron chi connectivity index (χ4n) is 1.54. The number of hydrogen-bond acceptors (Lipinski definition) is 2. The predicted molar refractivity (Wildman–Crippen MR) is 67.9 cm³/mol. The molecule has 2 N–H and O–H groups in total. The smallest absolute Gasteiger partial charge is 0.198 e. The Morgan fingerprint density at radius 1 is 1.00 bits per heavy atom. The maximum absolute atomic E-state index is 8.81. The molecule has 0 radical (unpaired) electrons. The molecule has 0 aromatic heterocycles. The van der Waals surface area contributed by atoms with Crippen LogP contribution in [0.25, 0.3) is 10.8 Å². The van der Waals surface area contributed by atoms with Crippen LogP contribution >= 0.6 is 0 Å². The Hall–Kier alpha value is -1.39. The van der Waals surface area contributed by atoms with E-state index in [2.05, 4.69) is 55.4 Å². The Balaban J connectivity index is 0.000000280. The Morgan fingerprint density at radius 3 is 2.19 bits per heavy atom. The predicted octanol–water partition coefficient (Wildman–Crippen LogP) is 1.93. The Morgan fingerprint density at radius 2 is 1.56 bits per heavy atom. The van der Waals surface area contributed by atoms with E-state index in [1.165, 1.54) is 21.9 Å². The second kappa shape index (κ2) is 5.63. The minimum atomic E-state index is -2.62. The van der Waals surface area contributed by atoms with Crippen LogP contribution in [0.15, 0.2) is 36.4 Å². The Kier molecular flexibility index (Phi) is 4.46. The van der Waals surface area contributed by atoms with Crippen LogP contribution in [0.4, 0.5) is 0 Å². The third-order valence-electron chi connectivity index (χ3n) is 2.47. The first-order valence-electron chi connectivity index (χ1n) is 4.86. The van der Waals surface area contributed by atoms with Crippen molar-refractivity contribution in [2.75, 3.05) is 0 Å². The molecule has 0 spiro atoms. The molecule has 2 rings (SSSR count). The molecule has 3 nitrogen and oxygen atoms in total. The average Bonchev–Trinajstić information content (AvgIpc) is 2.23. The van der Waals surface area contributed by atoms with Gasteiger partial charge in [-0.05, 0) is 35.7 Å². The summed E-state index contributed by atoms with van der Waals surface area (Å²) < 4.78 is 17.6. The summed E-state index contributed by atoms with van der Waals surface area (Å²) in [6.07, 6.45) is 0. The minimum absolute atomic E-state index is 1.33. The SMILES string of the molecule is Cc1ccc2ccccc2c1C.N[SH](=O)=O. The number of thiol groups is 1. The summed E-state index contributed by atoms with van der Waals surface area (Å²) in [5.74, 6) is 0. The molecule has 2 aromatic rings. The van der Waals surface area contributed by atoms with E-state index < -0.39 is 10.9 Å². The zero-order valence-electron chi connectivity index (χ0n) is 9.31. The lowest BCUT2D eigenvalue weighted by Gasteiger charge is -2.04. The maximum atomic E-state index is 8.81. The van der Waals surface area contributed by atoms with E-state index in [9.17, 15) is 0 Å². The number of rotatable bonds is 0. The van der Waals surface area contributed by atoms with Crippen LogP contribution in [-0.4, -0.2) is 8.42 Å². The molecule has 16 heavy (non-hydrogen) atoms. The third kappa shape index (κ3) is 3.32. The molecule has 0 unspecified atom stereocenters. The quantitative estimate of drug-likeness (QED) is 0.688. The number of fused-ring (bicyclic) bond motifs is 1. The van der Waals surface area contributed by atoms with Crippen LogP contribution in [-0.2, 0) is 10.9 Å². The van der Waals surface area contributed by atoms with Gasteiger partial charge in [-0.25, -0.2) is 13.6 Å².